The number of hydrogen-bond donors (Lipinski definition) is 0. The highest BCUT2D eigenvalue weighted by Gasteiger charge is 2.37. The van der Waals surface area contributed by atoms with Gasteiger partial charge in [-0.3, -0.25) is 0 Å². The van der Waals surface area contributed by atoms with Gasteiger partial charge in [0.25, 0.3) is 0 Å². The minimum Gasteiger partial charge on any atom is -0.222 e. The summed E-state index contributed by atoms with van der Waals surface area (Å²) in [5, 5.41) is 0. The molecule has 0 N–H and O–H groups in total. The summed E-state index contributed by atoms with van der Waals surface area (Å²) in [5.41, 5.74) is 9.93. The Balaban J connectivity index is 0.000000464. The molecular weight excluding hydrogens is 464 g/mol. The van der Waals surface area contributed by atoms with Gasteiger partial charge in [-0.2, -0.15) is 0 Å². The molecule has 1 heterocycles. The molecule has 0 amide bonds. The zero-order valence-corrected chi connectivity index (χ0v) is 19.5. The van der Waals surface area contributed by atoms with E-state index in [0.717, 1.165) is 42.8 Å². The maximum Gasteiger partial charge on any atom is 0.365 e. The van der Waals surface area contributed by atoms with Crippen molar-refractivity contribution in [1.29, 1.82) is 0 Å². The Morgan fingerprint density at radius 1 is 0.571 bits per heavy atom. The quantitative estimate of drug-likeness (QED) is 0.279. The highest BCUT2D eigenvalue weighted by molar-refractivity contribution is 5.78. The van der Waals surface area contributed by atoms with Gasteiger partial charge in [0, 0.05) is 5.56 Å². The minimum atomic E-state index is -4.94. The highest BCUT2D eigenvalue weighted by Crippen LogP contribution is 2.43. The molecule has 0 unspecified atom stereocenters. The number of hydrogen-bond acceptors (Lipinski definition) is 4. The summed E-state index contributed by atoms with van der Waals surface area (Å²) >= 11 is 0. The van der Waals surface area contributed by atoms with Gasteiger partial charge in [-0.15, -0.1) is 10.2 Å². The molecule has 0 fully saturated rings. The van der Waals surface area contributed by atoms with Crippen molar-refractivity contribution in [1.82, 2.24) is 0 Å². The normalized spacial score (nSPS) is 13.0. The summed E-state index contributed by atoms with van der Waals surface area (Å²) in [5.74, 6) is 8.99. The molecule has 4 aromatic rings. The van der Waals surface area contributed by atoms with E-state index in [9.17, 15) is 0 Å². The molecule has 2 aliphatic carbocycles. The molecule has 0 aliphatic heterocycles. The predicted molar refractivity (Wildman–Crippen MR) is 121 cm³/mol. The van der Waals surface area contributed by atoms with E-state index >= 15 is 0 Å². The first kappa shape index (κ1) is 23.3. The molecule has 1 aromatic heterocycles. The van der Waals surface area contributed by atoms with E-state index in [1.54, 1.807) is 0 Å². The van der Waals surface area contributed by atoms with E-state index < -0.39 is 10.2 Å². The maximum absolute atomic E-state index is 8.49. The number of halogens is 1. The smallest absolute Gasteiger partial charge is 0.222 e. The standard InChI is InChI=1S/C29H21O.ClHO4/c1-2-8-20(9-3-1)14-17-25-26-18-15-21-10-4-6-12-23(21)28(26)30-29-24-13-7-5-11-22(24)16-19-27(25)29;2-1(3,4)5/h1-13H,15-16,18-19H2;(H,2,3,4,5)/q+1;/p-1. The molecule has 0 saturated carbocycles. The van der Waals surface area contributed by atoms with Gasteiger partial charge in [-0.1, -0.05) is 66.4 Å². The summed E-state index contributed by atoms with van der Waals surface area (Å²) in [7, 11) is -4.94. The summed E-state index contributed by atoms with van der Waals surface area (Å²) in [4.78, 5) is 0. The van der Waals surface area contributed by atoms with Crippen LogP contribution in [0.15, 0.2) is 83.3 Å². The lowest BCUT2D eigenvalue weighted by Gasteiger charge is -2.19. The topological polar surface area (TPSA) is 104 Å². The fourth-order valence-corrected chi connectivity index (χ4v) is 4.79. The average molecular weight is 485 g/mol. The fraction of sp³-hybridized carbons (Fsp3) is 0.138. The second-order valence-corrected chi connectivity index (χ2v) is 9.16. The van der Waals surface area contributed by atoms with Gasteiger partial charge in [0.15, 0.2) is 0 Å². The van der Waals surface area contributed by atoms with Crippen LogP contribution in [0.4, 0.5) is 0 Å². The lowest BCUT2D eigenvalue weighted by atomic mass is 9.81. The Hall–Kier alpha value is -3.50. The zero-order valence-electron chi connectivity index (χ0n) is 18.8. The van der Waals surface area contributed by atoms with E-state index in [-0.39, 0.29) is 0 Å². The van der Waals surface area contributed by atoms with Gasteiger partial charge < -0.3 is 0 Å². The van der Waals surface area contributed by atoms with Crippen LogP contribution in [0.5, 0.6) is 0 Å². The van der Waals surface area contributed by atoms with Crippen molar-refractivity contribution < 1.29 is 33.3 Å². The summed E-state index contributed by atoms with van der Waals surface area (Å²) in [6.45, 7) is 0. The number of benzene rings is 3. The maximum atomic E-state index is 8.49. The van der Waals surface area contributed by atoms with Crippen LogP contribution in [0.1, 0.15) is 33.4 Å². The summed E-state index contributed by atoms with van der Waals surface area (Å²) in [6.07, 6.45) is 4.02. The van der Waals surface area contributed by atoms with E-state index in [1.807, 2.05) is 18.2 Å². The third-order valence-corrected chi connectivity index (χ3v) is 6.27. The van der Waals surface area contributed by atoms with Gasteiger partial charge in [-0.05, 0) is 61.1 Å². The molecule has 0 saturated heterocycles. The van der Waals surface area contributed by atoms with Crippen LogP contribution in [0.25, 0.3) is 22.6 Å². The van der Waals surface area contributed by atoms with E-state index in [2.05, 4.69) is 72.5 Å². The average Bonchev–Trinajstić information content (AvgIpc) is 2.86. The molecule has 0 spiro atoms. The van der Waals surface area contributed by atoms with Crippen LogP contribution >= 0.6 is 0 Å². The Morgan fingerprint density at radius 2 is 1.03 bits per heavy atom. The van der Waals surface area contributed by atoms with Crippen molar-refractivity contribution in [3.8, 4) is 34.5 Å². The Morgan fingerprint density at radius 3 is 1.54 bits per heavy atom. The van der Waals surface area contributed by atoms with Crippen molar-refractivity contribution in [2.75, 3.05) is 0 Å². The van der Waals surface area contributed by atoms with E-state index in [0.29, 0.717) is 0 Å². The number of fused-ring (bicyclic) bond motifs is 6. The first-order valence-corrected chi connectivity index (χ1v) is 12.5. The lowest BCUT2D eigenvalue weighted by molar-refractivity contribution is -2.00. The molecule has 3 aromatic carbocycles. The van der Waals surface area contributed by atoms with Crippen molar-refractivity contribution in [2.24, 2.45) is 0 Å². The summed E-state index contributed by atoms with van der Waals surface area (Å²) in [6, 6.07) is 27.5. The predicted octanol–water partition coefficient (Wildman–Crippen LogP) is 1.74. The van der Waals surface area contributed by atoms with Crippen LogP contribution in [0.3, 0.4) is 0 Å². The molecule has 6 rings (SSSR count). The number of aryl methyl sites for hydroxylation is 2. The third-order valence-electron chi connectivity index (χ3n) is 6.27. The van der Waals surface area contributed by atoms with Gasteiger partial charge in [0.05, 0.1) is 27.8 Å². The minimum absolute atomic E-state index is 0.976. The molecule has 0 radical (unpaired) electrons. The van der Waals surface area contributed by atoms with Crippen molar-refractivity contribution in [3.05, 3.63) is 112 Å². The molecule has 6 heteroatoms. The molecule has 2 aliphatic rings. The second kappa shape index (κ2) is 9.63. The molecule has 35 heavy (non-hydrogen) atoms. The zero-order chi connectivity index (χ0) is 24.4. The van der Waals surface area contributed by atoms with Crippen LogP contribution in [0, 0.1) is 22.1 Å². The van der Waals surface area contributed by atoms with Crippen molar-refractivity contribution >= 4 is 0 Å². The Kier molecular flexibility index (Phi) is 6.40. The SMILES string of the molecule is C(#Cc1c2c([o+]c3c1CCc1ccccc1-3)-c1ccccc1CC2)c1ccccc1.[O-][Cl+3]([O-])([O-])[O-]. The molecule has 0 bridgehead atoms. The number of rotatable bonds is 0. The molecule has 0 atom stereocenters. The van der Waals surface area contributed by atoms with Gasteiger partial charge in [0.2, 0.25) is 0 Å². The first-order valence-electron chi connectivity index (χ1n) is 11.3. The van der Waals surface area contributed by atoms with Crippen LogP contribution in [-0.4, -0.2) is 0 Å². The Labute approximate surface area is 205 Å². The van der Waals surface area contributed by atoms with Gasteiger partial charge in [-0.25, -0.2) is 23.1 Å². The van der Waals surface area contributed by atoms with Crippen LogP contribution in [-0.2, 0) is 25.7 Å². The largest absolute Gasteiger partial charge is 0.365 e. The molecular formula is C29H21ClO5. The summed E-state index contributed by atoms with van der Waals surface area (Å²) < 4.78 is 40.7. The fourth-order valence-electron chi connectivity index (χ4n) is 4.79. The lowest BCUT2D eigenvalue weighted by Crippen LogP contribution is -2.68. The Bertz CT molecular complexity index is 1370. The van der Waals surface area contributed by atoms with E-state index in [4.69, 9.17) is 23.1 Å². The second-order valence-electron chi connectivity index (χ2n) is 8.40. The van der Waals surface area contributed by atoms with Gasteiger partial charge in [0.1, 0.15) is 0 Å². The van der Waals surface area contributed by atoms with Crippen LogP contribution in [0.2, 0.25) is 0 Å². The third kappa shape index (κ3) is 5.13. The van der Waals surface area contributed by atoms with Crippen LogP contribution < -0.4 is 18.6 Å². The molecule has 174 valence electrons. The molecule has 5 nitrogen and oxygen atoms in total. The highest BCUT2D eigenvalue weighted by atomic mass is 35.7. The first-order chi connectivity index (χ1) is 16.9. The monoisotopic (exact) mass is 484 g/mol. The van der Waals surface area contributed by atoms with Crippen molar-refractivity contribution in [2.45, 2.75) is 25.7 Å². The van der Waals surface area contributed by atoms with Gasteiger partial charge >= 0.3 is 11.5 Å². The van der Waals surface area contributed by atoms with Crippen molar-refractivity contribution in [3.63, 3.8) is 0 Å². The van der Waals surface area contributed by atoms with E-state index in [1.165, 1.54) is 38.9 Å².